The van der Waals surface area contributed by atoms with Gasteiger partial charge >= 0.3 is 0 Å². The highest BCUT2D eigenvalue weighted by molar-refractivity contribution is 4.87. The maximum absolute atomic E-state index is 9.27. The SMILES string of the molecule is CC1CCNC(CO)CN1C1CCCC1. The molecule has 0 spiro atoms. The number of nitrogens with zero attached hydrogens (tertiary/aromatic N) is 1. The Morgan fingerprint density at radius 1 is 1.27 bits per heavy atom. The van der Waals surface area contributed by atoms with Crippen molar-refractivity contribution in [1.29, 1.82) is 0 Å². The third kappa shape index (κ3) is 2.71. The number of nitrogens with one attached hydrogen (secondary N) is 1. The average molecular weight is 212 g/mol. The van der Waals surface area contributed by atoms with Crippen LogP contribution in [0.2, 0.25) is 0 Å². The molecule has 2 unspecified atom stereocenters. The van der Waals surface area contributed by atoms with Gasteiger partial charge in [0.05, 0.1) is 6.61 Å². The number of aliphatic hydroxyl groups is 1. The van der Waals surface area contributed by atoms with Crippen LogP contribution in [0.4, 0.5) is 0 Å². The summed E-state index contributed by atoms with van der Waals surface area (Å²) in [5, 5.41) is 12.7. The summed E-state index contributed by atoms with van der Waals surface area (Å²) < 4.78 is 0. The molecule has 2 aliphatic rings. The molecule has 0 bridgehead atoms. The normalized spacial score (nSPS) is 35.6. The maximum Gasteiger partial charge on any atom is 0.0597 e. The van der Waals surface area contributed by atoms with Gasteiger partial charge in [0.1, 0.15) is 0 Å². The molecule has 1 saturated heterocycles. The molecule has 1 saturated carbocycles. The number of hydrogen-bond donors (Lipinski definition) is 2. The van der Waals surface area contributed by atoms with Crippen LogP contribution in [0.15, 0.2) is 0 Å². The van der Waals surface area contributed by atoms with E-state index < -0.39 is 0 Å². The summed E-state index contributed by atoms with van der Waals surface area (Å²) in [5.41, 5.74) is 0. The largest absolute Gasteiger partial charge is 0.395 e. The zero-order chi connectivity index (χ0) is 10.7. The smallest absolute Gasteiger partial charge is 0.0597 e. The van der Waals surface area contributed by atoms with Crippen LogP contribution < -0.4 is 5.32 Å². The van der Waals surface area contributed by atoms with Crippen molar-refractivity contribution in [3.63, 3.8) is 0 Å². The Labute approximate surface area is 92.8 Å². The number of hydrogen-bond acceptors (Lipinski definition) is 3. The van der Waals surface area contributed by atoms with E-state index in [9.17, 15) is 5.11 Å². The molecule has 3 heteroatoms. The molecule has 0 amide bonds. The van der Waals surface area contributed by atoms with Crippen LogP contribution in [0.5, 0.6) is 0 Å². The maximum atomic E-state index is 9.27. The first-order valence-electron chi connectivity index (χ1n) is 6.41. The Morgan fingerprint density at radius 3 is 2.67 bits per heavy atom. The van der Waals surface area contributed by atoms with Crippen LogP contribution in [0.25, 0.3) is 0 Å². The van der Waals surface area contributed by atoms with Gasteiger partial charge in [0.2, 0.25) is 0 Å². The fraction of sp³-hybridized carbons (Fsp3) is 1.00. The second kappa shape index (κ2) is 5.28. The quantitative estimate of drug-likeness (QED) is 0.716. The van der Waals surface area contributed by atoms with Gasteiger partial charge in [-0.05, 0) is 32.7 Å². The minimum atomic E-state index is 0.274. The highest BCUT2D eigenvalue weighted by atomic mass is 16.3. The van der Waals surface area contributed by atoms with Crippen molar-refractivity contribution in [3.05, 3.63) is 0 Å². The molecular weight excluding hydrogens is 188 g/mol. The van der Waals surface area contributed by atoms with Crippen molar-refractivity contribution in [1.82, 2.24) is 10.2 Å². The summed E-state index contributed by atoms with van der Waals surface area (Å²) in [6, 6.07) is 1.75. The van der Waals surface area contributed by atoms with E-state index in [4.69, 9.17) is 0 Å². The zero-order valence-corrected chi connectivity index (χ0v) is 9.78. The van der Waals surface area contributed by atoms with Gasteiger partial charge in [0.15, 0.2) is 0 Å². The van der Waals surface area contributed by atoms with Crippen LogP contribution >= 0.6 is 0 Å². The van der Waals surface area contributed by atoms with E-state index in [1.165, 1.54) is 32.1 Å². The zero-order valence-electron chi connectivity index (χ0n) is 9.78. The monoisotopic (exact) mass is 212 g/mol. The molecule has 1 aliphatic carbocycles. The molecule has 88 valence electrons. The molecule has 3 nitrogen and oxygen atoms in total. The fourth-order valence-corrected chi connectivity index (χ4v) is 3.03. The minimum absolute atomic E-state index is 0.274. The van der Waals surface area contributed by atoms with Gasteiger partial charge in [0, 0.05) is 24.7 Å². The second-order valence-corrected chi connectivity index (χ2v) is 5.11. The molecule has 2 rings (SSSR count). The summed E-state index contributed by atoms with van der Waals surface area (Å²) in [4.78, 5) is 2.63. The lowest BCUT2D eigenvalue weighted by Gasteiger charge is -2.34. The summed E-state index contributed by atoms with van der Waals surface area (Å²) in [6.45, 7) is 4.69. The van der Waals surface area contributed by atoms with Crippen LogP contribution in [-0.4, -0.2) is 47.8 Å². The predicted octanol–water partition coefficient (Wildman–Crippen LogP) is 0.974. The summed E-state index contributed by atoms with van der Waals surface area (Å²) in [7, 11) is 0. The minimum Gasteiger partial charge on any atom is -0.395 e. The Bertz CT molecular complexity index is 192. The van der Waals surface area contributed by atoms with Crippen molar-refractivity contribution in [3.8, 4) is 0 Å². The van der Waals surface area contributed by atoms with Crippen LogP contribution in [0.1, 0.15) is 39.0 Å². The van der Waals surface area contributed by atoms with E-state index in [-0.39, 0.29) is 12.6 Å². The Balaban J connectivity index is 1.98. The van der Waals surface area contributed by atoms with E-state index in [2.05, 4.69) is 17.1 Å². The van der Waals surface area contributed by atoms with Gasteiger partial charge in [-0.1, -0.05) is 12.8 Å². The van der Waals surface area contributed by atoms with E-state index in [0.717, 1.165) is 19.1 Å². The summed E-state index contributed by atoms with van der Waals surface area (Å²) in [5.74, 6) is 0. The molecule has 0 radical (unpaired) electrons. The van der Waals surface area contributed by atoms with Crippen molar-refractivity contribution in [2.24, 2.45) is 0 Å². The van der Waals surface area contributed by atoms with Gasteiger partial charge in [-0.25, -0.2) is 0 Å². The van der Waals surface area contributed by atoms with Crippen molar-refractivity contribution >= 4 is 0 Å². The van der Waals surface area contributed by atoms with E-state index >= 15 is 0 Å². The lowest BCUT2D eigenvalue weighted by atomic mass is 10.1. The van der Waals surface area contributed by atoms with Crippen molar-refractivity contribution in [2.75, 3.05) is 19.7 Å². The van der Waals surface area contributed by atoms with E-state index in [1.807, 2.05) is 0 Å². The molecule has 0 aromatic heterocycles. The number of aliphatic hydroxyl groups excluding tert-OH is 1. The van der Waals surface area contributed by atoms with Crippen LogP contribution in [0, 0.1) is 0 Å². The predicted molar refractivity (Wildman–Crippen MR) is 61.9 cm³/mol. The third-order valence-corrected chi connectivity index (χ3v) is 4.01. The number of rotatable bonds is 2. The first-order valence-corrected chi connectivity index (χ1v) is 6.41. The molecule has 2 atom stereocenters. The molecular formula is C12H24N2O. The highest BCUT2D eigenvalue weighted by Gasteiger charge is 2.29. The second-order valence-electron chi connectivity index (χ2n) is 5.11. The molecule has 1 heterocycles. The van der Waals surface area contributed by atoms with E-state index in [0.29, 0.717) is 6.04 Å². The highest BCUT2D eigenvalue weighted by Crippen LogP contribution is 2.26. The van der Waals surface area contributed by atoms with Crippen molar-refractivity contribution < 1.29 is 5.11 Å². The molecule has 0 aromatic carbocycles. The molecule has 0 aromatic rings. The molecule has 1 aliphatic heterocycles. The Morgan fingerprint density at radius 2 is 2.00 bits per heavy atom. The lowest BCUT2D eigenvalue weighted by Crippen LogP contribution is -2.46. The molecule has 15 heavy (non-hydrogen) atoms. The van der Waals surface area contributed by atoms with Gasteiger partial charge in [-0.15, -0.1) is 0 Å². The average Bonchev–Trinajstić information content (AvgIpc) is 2.69. The van der Waals surface area contributed by atoms with Crippen LogP contribution in [-0.2, 0) is 0 Å². The summed E-state index contributed by atoms with van der Waals surface area (Å²) >= 11 is 0. The molecule has 2 fully saturated rings. The standard InChI is InChI=1S/C12H24N2O/c1-10-6-7-13-11(9-15)8-14(10)12-4-2-3-5-12/h10-13,15H,2-9H2,1H3. The van der Waals surface area contributed by atoms with Gasteiger partial charge in [-0.3, -0.25) is 4.90 Å². The Hall–Kier alpha value is -0.120. The van der Waals surface area contributed by atoms with Gasteiger partial charge < -0.3 is 10.4 Å². The lowest BCUT2D eigenvalue weighted by molar-refractivity contribution is 0.125. The van der Waals surface area contributed by atoms with Gasteiger partial charge in [-0.2, -0.15) is 0 Å². The first kappa shape index (κ1) is 11.4. The van der Waals surface area contributed by atoms with E-state index in [1.54, 1.807) is 0 Å². The Kier molecular flexibility index (Phi) is 4.00. The van der Waals surface area contributed by atoms with Crippen molar-refractivity contribution in [2.45, 2.75) is 57.2 Å². The topological polar surface area (TPSA) is 35.5 Å². The third-order valence-electron chi connectivity index (χ3n) is 4.01. The van der Waals surface area contributed by atoms with Crippen LogP contribution in [0.3, 0.4) is 0 Å². The fourth-order valence-electron chi connectivity index (χ4n) is 3.03. The summed E-state index contributed by atoms with van der Waals surface area (Å²) in [6.07, 6.45) is 6.73. The first-order chi connectivity index (χ1) is 7.31. The molecule has 2 N–H and O–H groups in total. The van der Waals surface area contributed by atoms with Gasteiger partial charge in [0.25, 0.3) is 0 Å².